The van der Waals surface area contributed by atoms with Crippen molar-refractivity contribution in [1.29, 1.82) is 0 Å². The lowest BCUT2D eigenvalue weighted by molar-refractivity contribution is 0.186. The third kappa shape index (κ3) is 4.66. The topological polar surface area (TPSA) is 51.8 Å². The largest absolute Gasteiger partial charge is 0.493 e. The van der Waals surface area contributed by atoms with E-state index in [0.717, 1.165) is 22.8 Å². The maximum atomic E-state index is 5.37. The van der Waals surface area contributed by atoms with Gasteiger partial charge in [-0.3, -0.25) is 5.32 Å². The van der Waals surface area contributed by atoms with Gasteiger partial charge in [0.2, 0.25) is 0 Å². The van der Waals surface area contributed by atoms with Crippen molar-refractivity contribution in [2.45, 2.75) is 6.54 Å². The number of nitrogens with one attached hydrogen (secondary N) is 2. The van der Waals surface area contributed by atoms with Crippen LogP contribution in [-0.2, 0) is 6.54 Å². The fourth-order valence-corrected chi connectivity index (χ4v) is 1.86. The van der Waals surface area contributed by atoms with Gasteiger partial charge < -0.3 is 14.3 Å². The number of methoxy groups -OCH3 is 2. The van der Waals surface area contributed by atoms with Gasteiger partial charge in [0.15, 0.2) is 11.5 Å². The monoisotopic (exact) mass is 288 g/mol. The standard InChI is InChI=1S/C16H20N2O3/c1-19-15-9-8-13(10-16(15)20-2)11-17-12-18-21-14-6-4-3-5-7-14/h3-10,17-18H,11-12H2,1-2H3. The number of hydroxylamine groups is 1. The molecule has 0 aliphatic carbocycles. The fraction of sp³-hybridized carbons (Fsp3) is 0.250. The van der Waals surface area contributed by atoms with E-state index in [4.69, 9.17) is 14.3 Å². The molecule has 21 heavy (non-hydrogen) atoms. The Morgan fingerprint density at radius 2 is 1.67 bits per heavy atom. The van der Waals surface area contributed by atoms with Gasteiger partial charge in [-0.25, -0.2) is 0 Å². The van der Waals surface area contributed by atoms with Crippen molar-refractivity contribution in [3.8, 4) is 17.2 Å². The van der Waals surface area contributed by atoms with E-state index in [2.05, 4.69) is 10.8 Å². The molecule has 112 valence electrons. The average Bonchev–Trinajstić information content (AvgIpc) is 2.55. The van der Waals surface area contributed by atoms with Gasteiger partial charge in [-0.05, 0) is 29.8 Å². The summed E-state index contributed by atoms with van der Waals surface area (Å²) in [6.07, 6.45) is 0. The Bertz CT molecular complexity index is 546. The number of hydrogen-bond donors (Lipinski definition) is 2. The number of hydrogen-bond acceptors (Lipinski definition) is 5. The maximum absolute atomic E-state index is 5.37. The number of benzene rings is 2. The van der Waals surface area contributed by atoms with Gasteiger partial charge >= 0.3 is 0 Å². The van der Waals surface area contributed by atoms with Crippen LogP contribution in [0.2, 0.25) is 0 Å². The van der Waals surface area contributed by atoms with E-state index in [1.807, 2.05) is 48.5 Å². The molecule has 0 atom stereocenters. The van der Waals surface area contributed by atoms with E-state index in [1.54, 1.807) is 14.2 Å². The van der Waals surface area contributed by atoms with Crippen molar-refractivity contribution in [2.75, 3.05) is 20.9 Å². The average molecular weight is 288 g/mol. The van der Waals surface area contributed by atoms with Crippen LogP contribution in [0.4, 0.5) is 0 Å². The molecule has 0 unspecified atom stereocenters. The summed E-state index contributed by atoms with van der Waals surface area (Å²) in [5.74, 6) is 2.24. The van der Waals surface area contributed by atoms with Gasteiger partial charge in [0, 0.05) is 6.54 Å². The molecule has 5 heteroatoms. The summed E-state index contributed by atoms with van der Waals surface area (Å²) in [5, 5.41) is 3.23. The summed E-state index contributed by atoms with van der Waals surface area (Å²) in [4.78, 5) is 5.37. The van der Waals surface area contributed by atoms with Gasteiger partial charge in [-0.1, -0.05) is 24.3 Å². The fourth-order valence-electron chi connectivity index (χ4n) is 1.86. The Morgan fingerprint density at radius 3 is 2.38 bits per heavy atom. The molecule has 0 saturated carbocycles. The van der Waals surface area contributed by atoms with Crippen LogP contribution >= 0.6 is 0 Å². The highest BCUT2D eigenvalue weighted by Crippen LogP contribution is 2.27. The second kappa shape index (κ2) is 8.14. The first-order valence-corrected chi connectivity index (χ1v) is 6.70. The summed E-state index contributed by atoms with van der Waals surface area (Å²) in [6, 6.07) is 15.4. The zero-order valence-electron chi connectivity index (χ0n) is 12.3. The molecule has 0 heterocycles. The predicted molar refractivity (Wildman–Crippen MR) is 81.5 cm³/mol. The lowest BCUT2D eigenvalue weighted by Gasteiger charge is -2.11. The van der Waals surface area contributed by atoms with Crippen molar-refractivity contribution >= 4 is 0 Å². The van der Waals surface area contributed by atoms with E-state index in [-0.39, 0.29) is 0 Å². The van der Waals surface area contributed by atoms with Crippen molar-refractivity contribution < 1.29 is 14.3 Å². The van der Waals surface area contributed by atoms with E-state index < -0.39 is 0 Å². The Labute approximate surface area is 124 Å². The quantitative estimate of drug-likeness (QED) is 0.443. The van der Waals surface area contributed by atoms with Crippen LogP contribution in [0.1, 0.15) is 5.56 Å². The van der Waals surface area contributed by atoms with Gasteiger partial charge in [0.05, 0.1) is 20.9 Å². The summed E-state index contributed by atoms with van der Waals surface area (Å²) in [7, 11) is 3.25. The lowest BCUT2D eigenvalue weighted by Crippen LogP contribution is -2.31. The molecule has 0 spiro atoms. The van der Waals surface area contributed by atoms with E-state index >= 15 is 0 Å². The molecule has 0 aromatic heterocycles. The first kappa shape index (κ1) is 15.2. The molecule has 5 nitrogen and oxygen atoms in total. The van der Waals surface area contributed by atoms with E-state index in [9.17, 15) is 0 Å². The Morgan fingerprint density at radius 1 is 0.905 bits per heavy atom. The van der Waals surface area contributed by atoms with Crippen LogP contribution in [0.3, 0.4) is 0 Å². The van der Waals surface area contributed by atoms with Gasteiger partial charge in [0.1, 0.15) is 5.75 Å². The minimum atomic E-state index is 0.531. The summed E-state index contributed by atoms with van der Waals surface area (Å²) >= 11 is 0. The minimum Gasteiger partial charge on any atom is -0.493 e. The Kier molecular flexibility index (Phi) is 5.87. The Hall–Kier alpha value is -2.24. The second-order valence-electron chi connectivity index (χ2n) is 4.35. The third-order valence-corrected chi connectivity index (χ3v) is 2.91. The SMILES string of the molecule is COc1ccc(CNCNOc2ccccc2)cc1OC. The number of para-hydroxylation sites is 1. The van der Waals surface area contributed by atoms with Crippen LogP contribution in [-0.4, -0.2) is 20.9 Å². The number of rotatable bonds is 8. The predicted octanol–water partition coefficient (Wildman–Crippen LogP) is 2.33. The van der Waals surface area contributed by atoms with Crippen molar-refractivity contribution in [2.24, 2.45) is 0 Å². The van der Waals surface area contributed by atoms with Crippen molar-refractivity contribution in [1.82, 2.24) is 10.8 Å². The molecule has 2 rings (SSSR count). The van der Waals surface area contributed by atoms with Crippen LogP contribution in [0.15, 0.2) is 48.5 Å². The molecular formula is C16H20N2O3. The highest BCUT2D eigenvalue weighted by atomic mass is 16.6. The molecule has 0 saturated heterocycles. The van der Waals surface area contributed by atoms with Crippen LogP contribution < -0.4 is 25.1 Å². The molecule has 0 radical (unpaired) electrons. The lowest BCUT2D eigenvalue weighted by atomic mass is 10.2. The van der Waals surface area contributed by atoms with Gasteiger partial charge in [0.25, 0.3) is 0 Å². The summed E-state index contributed by atoms with van der Waals surface area (Å²) < 4.78 is 10.5. The smallest absolute Gasteiger partial charge is 0.161 e. The molecule has 0 amide bonds. The molecule has 0 fully saturated rings. The van der Waals surface area contributed by atoms with E-state index in [1.165, 1.54) is 0 Å². The molecule has 2 aromatic rings. The van der Waals surface area contributed by atoms with Gasteiger partial charge in [-0.2, -0.15) is 0 Å². The normalized spacial score (nSPS) is 10.2. The van der Waals surface area contributed by atoms with Crippen LogP contribution in [0.25, 0.3) is 0 Å². The van der Waals surface area contributed by atoms with Crippen LogP contribution in [0.5, 0.6) is 17.2 Å². The van der Waals surface area contributed by atoms with Crippen LogP contribution in [0, 0.1) is 0 Å². The van der Waals surface area contributed by atoms with Gasteiger partial charge in [-0.15, -0.1) is 5.48 Å². The highest BCUT2D eigenvalue weighted by Gasteiger charge is 2.03. The third-order valence-electron chi connectivity index (χ3n) is 2.91. The molecule has 0 bridgehead atoms. The first-order valence-electron chi connectivity index (χ1n) is 6.70. The summed E-state index contributed by atoms with van der Waals surface area (Å²) in [6.45, 7) is 1.23. The van der Waals surface area contributed by atoms with Crippen molar-refractivity contribution in [3.63, 3.8) is 0 Å². The number of ether oxygens (including phenoxy) is 2. The highest BCUT2D eigenvalue weighted by molar-refractivity contribution is 5.42. The molecule has 2 aromatic carbocycles. The molecular weight excluding hydrogens is 268 g/mol. The molecule has 0 aliphatic rings. The van der Waals surface area contributed by atoms with Crippen molar-refractivity contribution in [3.05, 3.63) is 54.1 Å². The zero-order chi connectivity index (χ0) is 14.9. The Balaban J connectivity index is 1.73. The van der Waals surface area contributed by atoms with E-state index in [0.29, 0.717) is 13.2 Å². The molecule has 0 aliphatic heterocycles. The second-order valence-corrected chi connectivity index (χ2v) is 4.35. The minimum absolute atomic E-state index is 0.531. The summed E-state index contributed by atoms with van der Waals surface area (Å²) in [5.41, 5.74) is 3.96. The maximum Gasteiger partial charge on any atom is 0.161 e. The zero-order valence-corrected chi connectivity index (χ0v) is 12.3. The first-order chi connectivity index (χ1) is 10.3. The molecule has 2 N–H and O–H groups in total.